The van der Waals surface area contributed by atoms with Gasteiger partial charge in [-0.05, 0) is 36.5 Å². The summed E-state index contributed by atoms with van der Waals surface area (Å²) in [6, 6.07) is 17.7. The average molecular weight is 385 g/mol. The third-order valence-corrected chi connectivity index (χ3v) is 5.91. The molecule has 1 fully saturated rings. The van der Waals surface area contributed by atoms with Crippen molar-refractivity contribution < 1.29 is 9.59 Å². The molecule has 3 aromatic rings. The molecule has 1 aromatic heterocycles. The van der Waals surface area contributed by atoms with Crippen molar-refractivity contribution in [2.24, 2.45) is 0 Å². The Morgan fingerprint density at radius 3 is 2.38 bits per heavy atom. The van der Waals surface area contributed by atoms with E-state index in [2.05, 4.69) is 16.0 Å². The summed E-state index contributed by atoms with van der Waals surface area (Å²) in [5.74, 6) is -0.335. The number of likely N-dealkylation sites (tertiary alicyclic amines) is 1. The predicted molar refractivity (Wildman–Crippen MR) is 113 cm³/mol. The number of nitrogens with one attached hydrogen (secondary N) is 1. The number of carbonyl (C=O) groups is 2. The molecule has 146 valence electrons. The number of carbonyl (C=O) groups excluding carboxylic acids is 2. The second-order valence-corrected chi connectivity index (χ2v) is 7.66. The molecule has 1 N–H and O–H groups in total. The highest BCUT2D eigenvalue weighted by Gasteiger charge is 2.41. The first-order valence-corrected chi connectivity index (χ1v) is 10.2. The van der Waals surface area contributed by atoms with Crippen LogP contribution in [-0.2, 0) is 16.0 Å². The van der Waals surface area contributed by atoms with E-state index in [0.29, 0.717) is 24.2 Å². The smallest absolute Gasteiger partial charge is 0.277 e. The van der Waals surface area contributed by atoms with E-state index in [4.69, 9.17) is 0 Å². The molecule has 5 nitrogen and oxygen atoms in total. The fourth-order valence-corrected chi connectivity index (χ4v) is 4.44. The van der Waals surface area contributed by atoms with Crippen LogP contribution in [0.3, 0.4) is 0 Å². The van der Waals surface area contributed by atoms with Crippen LogP contribution in [0.15, 0.2) is 66.5 Å². The van der Waals surface area contributed by atoms with E-state index < -0.39 is 0 Å². The van der Waals surface area contributed by atoms with Crippen molar-refractivity contribution in [1.29, 1.82) is 0 Å². The number of rotatable bonds is 5. The molecule has 3 heterocycles. The van der Waals surface area contributed by atoms with Crippen LogP contribution in [0.4, 0.5) is 0 Å². The van der Waals surface area contributed by atoms with Crippen LogP contribution in [0.2, 0.25) is 0 Å². The Morgan fingerprint density at radius 1 is 0.862 bits per heavy atom. The maximum atomic E-state index is 13.3. The van der Waals surface area contributed by atoms with Crippen LogP contribution in [0.1, 0.15) is 24.0 Å². The first-order valence-electron chi connectivity index (χ1n) is 10.2. The first-order chi connectivity index (χ1) is 14.2. The zero-order valence-electron chi connectivity index (χ0n) is 16.2. The number of hydrogen-bond donors (Lipinski definition) is 1. The molecule has 0 saturated carbocycles. The summed E-state index contributed by atoms with van der Waals surface area (Å²) in [7, 11) is 0. The van der Waals surface area contributed by atoms with Gasteiger partial charge in [-0.25, -0.2) is 0 Å². The number of fused-ring (bicyclic) bond motifs is 1. The molecule has 1 saturated heterocycles. The van der Waals surface area contributed by atoms with Gasteiger partial charge in [0.1, 0.15) is 5.70 Å². The Kier molecular flexibility index (Phi) is 4.43. The summed E-state index contributed by atoms with van der Waals surface area (Å²) in [4.78, 5) is 33.4. The number of nitrogens with zero attached hydrogens (tertiary/aromatic N) is 2. The number of aromatic nitrogens is 1. The lowest BCUT2D eigenvalue weighted by Crippen LogP contribution is -2.36. The lowest BCUT2D eigenvalue weighted by atomic mass is 10.0. The Morgan fingerprint density at radius 2 is 1.59 bits per heavy atom. The Bertz CT molecular complexity index is 1110. The maximum Gasteiger partial charge on any atom is 0.277 e. The maximum absolute atomic E-state index is 13.3. The van der Waals surface area contributed by atoms with Crippen LogP contribution in [-0.4, -0.2) is 46.2 Å². The van der Waals surface area contributed by atoms with Gasteiger partial charge in [0.15, 0.2) is 0 Å². The number of aromatic amines is 1. The van der Waals surface area contributed by atoms with Crippen molar-refractivity contribution in [3.8, 4) is 0 Å². The van der Waals surface area contributed by atoms with Gasteiger partial charge >= 0.3 is 0 Å². The van der Waals surface area contributed by atoms with Crippen LogP contribution in [0.5, 0.6) is 0 Å². The Labute approximate surface area is 169 Å². The average Bonchev–Trinajstić information content (AvgIpc) is 3.47. The van der Waals surface area contributed by atoms with Crippen LogP contribution >= 0.6 is 0 Å². The number of amides is 2. The molecule has 2 amide bonds. The molecule has 5 heteroatoms. The Balaban J connectivity index is 1.45. The molecule has 0 atom stereocenters. The van der Waals surface area contributed by atoms with E-state index in [1.54, 1.807) is 0 Å². The monoisotopic (exact) mass is 385 g/mol. The van der Waals surface area contributed by atoms with Crippen LogP contribution < -0.4 is 0 Å². The van der Waals surface area contributed by atoms with Gasteiger partial charge in [0.25, 0.3) is 11.8 Å². The fourth-order valence-electron chi connectivity index (χ4n) is 4.44. The molecule has 0 radical (unpaired) electrons. The predicted octanol–water partition coefficient (Wildman–Crippen LogP) is 3.59. The van der Waals surface area contributed by atoms with Gasteiger partial charge in [0, 0.05) is 36.7 Å². The second-order valence-electron chi connectivity index (χ2n) is 7.66. The molecule has 0 unspecified atom stereocenters. The molecule has 5 rings (SSSR count). The van der Waals surface area contributed by atoms with Gasteiger partial charge in [0.2, 0.25) is 0 Å². The number of para-hydroxylation sites is 1. The minimum atomic E-state index is -0.178. The SMILES string of the molecule is O=C1C(c2ccccc2)=C(N2CCCC2)C(=O)N1CCc1c[nH]c2ccccc12. The van der Waals surface area contributed by atoms with Gasteiger partial charge in [-0.1, -0.05) is 48.5 Å². The van der Waals surface area contributed by atoms with E-state index in [0.717, 1.165) is 48.0 Å². The molecule has 29 heavy (non-hydrogen) atoms. The molecule has 0 bridgehead atoms. The van der Waals surface area contributed by atoms with Crippen LogP contribution in [0, 0.1) is 0 Å². The third kappa shape index (κ3) is 3.03. The lowest BCUT2D eigenvalue weighted by Gasteiger charge is -2.20. The van der Waals surface area contributed by atoms with E-state index in [9.17, 15) is 9.59 Å². The van der Waals surface area contributed by atoms with E-state index in [-0.39, 0.29) is 11.8 Å². The standard InChI is InChI=1S/C24H23N3O2/c28-23-21(17-8-2-1-3-9-17)22(26-13-6-7-14-26)24(29)27(23)15-12-18-16-25-20-11-5-4-10-19(18)20/h1-5,8-11,16,25H,6-7,12-15H2. The first kappa shape index (κ1) is 17.7. The number of hydrogen-bond acceptors (Lipinski definition) is 3. The summed E-state index contributed by atoms with van der Waals surface area (Å²) in [5, 5.41) is 1.14. The largest absolute Gasteiger partial charge is 0.366 e. The number of benzene rings is 2. The summed E-state index contributed by atoms with van der Waals surface area (Å²) in [5.41, 5.74) is 4.15. The minimum Gasteiger partial charge on any atom is -0.366 e. The van der Waals surface area contributed by atoms with Gasteiger partial charge in [-0.2, -0.15) is 0 Å². The highest BCUT2D eigenvalue weighted by Crippen LogP contribution is 2.33. The van der Waals surface area contributed by atoms with Crippen molar-refractivity contribution in [3.05, 3.63) is 77.6 Å². The zero-order valence-corrected chi connectivity index (χ0v) is 16.2. The zero-order chi connectivity index (χ0) is 19.8. The van der Waals surface area contributed by atoms with Crippen molar-refractivity contribution in [2.75, 3.05) is 19.6 Å². The molecule has 2 aliphatic rings. The molecule has 2 aromatic carbocycles. The highest BCUT2D eigenvalue weighted by molar-refractivity contribution is 6.35. The molecular weight excluding hydrogens is 362 g/mol. The molecular formula is C24H23N3O2. The van der Waals surface area contributed by atoms with E-state index in [1.807, 2.05) is 54.7 Å². The van der Waals surface area contributed by atoms with Crippen molar-refractivity contribution in [3.63, 3.8) is 0 Å². The van der Waals surface area contributed by atoms with Crippen LogP contribution in [0.25, 0.3) is 16.5 Å². The topological polar surface area (TPSA) is 56.4 Å². The second kappa shape index (κ2) is 7.24. The number of H-pyrrole nitrogens is 1. The summed E-state index contributed by atoms with van der Waals surface area (Å²) in [6.07, 6.45) is 4.73. The lowest BCUT2D eigenvalue weighted by molar-refractivity contribution is -0.137. The summed E-state index contributed by atoms with van der Waals surface area (Å²) in [6.45, 7) is 2.05. The normalized spacial score (nSPS) is 17.2. The van der Waals surface area contributed by atoms with Crippen molar-refractivity contribution in [1.82, 2.24) is 14.8 Å². The highest BCUT2D eigenvalue weighted by atomic mass is 16.2. The van der Waals surface area contributed by atoms with Gasteiger partial charge in [0.05, 0.1) is 5.57 Å². The molecule has 0 aliphatic carbocycles. The molecule has 0 spiro atoms. The van der Waals surface area contributed by atoms with Gasteiger partial charge in [-0.3, -0.25) is 14.5 Å². The Hall–Kier alpha value is -3.34. The minimum absolute atomic E-state index is 0.157. The third-order valence-electron chi connectivity index (χ3n) is 5.91. The van der Waals surface area contributed by atoms with Gasteiger partial charge < -0.3 is 9.88 Å². The fraction of sp³-hybridized carbons (Fsp3) is 0.250. The quantitative estimate of drug-likeness (QED) is 0.683. The van der Waals surface area contributed by atoms with E-state index >= 15 is 0 Å². The summed E-state index contributed by atoms with van der Waals surface area (Å²) < 4.78 is 0. The number of imide groups is 1. The summed E-state index contributed by atoms with van der Waals surface area (Å²) >= 11 is 0. The molecule has 2 aliphatic heterocycles. The van der Waals surface area contributed by atoms with E-state index in [1.165, 1.54) is 4.90 Å². The van der Waals surface area contributed by atoms with Gasteiger partial charge in [-0.15, -0.1) is 0 Å². The van der Waals surface area contributed by atoms with Crippen molar-refractivity contribution >= 4 is 28.3 Å². The van der Waals surface area contributed by atoms with Crippen molar-refractivity contribution in [2.45, 2.75) is 19.3 Å².